The Morgan fingerprint density at radius 3 is 2.71 bits per heavy atom. The van der Waals surface area contributed by atoms with Crippen LogP contribution in [0, 0.1) is 0 Å². The summed E-state index contributed by atoms with van der Waals surface area (Å²) in [6.45, 7) is 1.73. The molecule has 0 saturated carbocycles. The second-order valence-electron chi connectivity index (χ2n) is 3.45. The van der Waals surface area contributed by atoms with E-state index in [2.05, 4.69) is 9.97 Å². The molecule has 0 bridgehead atoms. The van der Waals surface area contributed by atoms with Crippen LogP contribution in [0.25, 0.3) is 0 Å². The fraction of sp³-hybridized carbons (Fsp3) is 0.500. The monoisotopic (exact) mass is 191 g/mol. The molecule has 1 aliphatic rings. The van der Waals surface area contributed by atoms with Gasteiger partial charge >= 0.3 is 0 Å². The van der Waals surface area contributed by atoms with Crippen LogP contribution in [0.4, 0.5) is 0 Å². The molecule has 2 heterocycles. The molecule has 14 heavy (non-hydrogen) atoms. The number of hydrogen-bond acceptors (Lipinski definition) is 3. The number of hydrogen-bond donors (Lipinski definition) is 0. The summed E-state index contributed by atoms with van der Waals surface area (Å²) in [5.41, 5.74) is 0.502. The van der Waals surface area contributed by atoms with Gasteiger partial charge in [-0.25, -0.2) is 9.97 Å². The Hall–Kier alpha value is -1.45. The van der Waals surface area contributed by atoms with Gasteiger partial charge in [0.1, 0.15) is 12.0 Å². The number of amides is 1. The third-order valence-electron chi connectivity index (χ3n) is 2.44. The summed E-state index contributed by atoms with van der Waals surface area (Å²) in [6.07, 6.45) is 6.46. The van der Waals surface area contributed by atoms with Crippen LogP contribution in [0.3, 0.4) is 0 Å². The summed E-state index contributed by atoms with van der Waals surface area (Å²) in [5, 5.41) is 0. The maximum Gasteiger partial charge on any atom is 0.272 e. The maximum absolute atomic E-state index is 11.8. The highest BCUT2D eigenvalue weighted by Crippen LogP contribution is 2.11. The molecule has 1 aromatic heterocycles. The zero-order valence-corrected chi connectivity index (χ0v) is 8.02. The van der Waals surface area contributed by atoms with Crippen molar-refractivity contribution < 1.29 is 4.79 Å². The van der Waals surface area contributed by atoms with Gasteiger partial charge in [0.15, 0.2) is 0 Å². The number of carbonyl (C=O) groups is 1. The van der Waals surface area contributed by atoms with Crippen LogP contribution >= 0.6 is 0 Å². The molecule has 1 amide bonds. The molecule has 1 fully saturated rings. The SMILES string of the molecule is O=C(c1ccncn1)N1CCCCC1. The molecule has 0 radical (unpaired) electrons. The molecule has 74 valence electrons. The standard InChI is InChI=1S/C10H13N3O/c14-10(9-4-5-11-8-12-9)13-6-2-1-3-7-13/h4-5,8H,1-3,6-7H2. The van der Waals surface area contributed by atoms with Gasteiger partial charge in [-0.05, 0) is 25.3 Å². The van der Waals surface area contributed by atoms with Crippen LogP contribution in [0.2, 0.25) is 0 Å². The molecule has 4 nitrogen and oxygen atoms in total. The highest BCUT2D eigenvalue weighted by molar-refractivity contribution is 5.92. The second-order valence-corrected chi connectivity index (χ2v) is 3.45. The predicted molar refractivity (Wildman–Crippen MR) is 51.8 cm³/mol. The van der Waals surface area contributed by atoms with E-state index in [-0.39, 0.29) is 5.91 Å². The van der Waals surface area contributed by atoms with Gasteiger partial charge in [-0.2, -0.15) is 0 Å². The lowest BCUT2D eigenvalue weighted by atomic mass is 10.1. The molecule has 0 N–H and O–H groups in total. The molecule has 0 spiro atoms. The minimum absolute atomic E-state index is 0.0344. The van der Waals surface area contributed by atoms with Gasteiger partial charge in [-0.15, -0.1) is 0 Å². The number of nitrogens with zero attached hydrogens (tertiary/aromatic N) is 3. The lowest BCUT2D eigenvalue weighted by Gasteiger charge is -2.26. The van der Waals surface area contributed by atoms with Gasteiger partial charge in [-0.3, -0.25) is 4.79 Å². The zero-order chi connectivity index (χ0) is 9.80. The maximum atomic E-state index is 11.8. The third-order valence-corrected chi connectivity index (χ3v) is 2.44. The van der Waals surface area contributed by atoms with Crippen LogP contribution in [0.1, 0.15) is 29.8 Å². The van der Waals surface area contributed by atoms with Crippen LogP contribution in [0.15, 0.2) is 18.6 Å². The summed E-state index contributed by atoms with van der Waals surface area (Å²) in [6, 6.07) is 1.66. The minimum atomic E-state index is 0.0344. The van der Waals surface area contributed by atoms with E-state index >= 15 is 0 Å². The Balaban J connectivity index is 2.07. The molecule has 2 rings (SSSR count). The average molecular weight is 191 g/mol. The van der Waals surface area contributed by atoms with Gasteiger partial charge in [-0.1, -0.05) is 0 Å². The fourth-order valence-electron chi connectivity index (χ4n) is 1.68. The number of carbonyl (C=O) groups excluding carboxylic acids is 1. The average Bonchev–Trinajstić information content (AvgIpc) is 2.30. The Bertz CT molecular complexity index is 306. The van der Waals surface area contributed by atoms with E-state index in [0.717, 1.165) is 25.9 Å². The predicted octanol–water partition coefficient (Wildman–Crippen LogP) is 1.10. The van der Waals surface area contributed by atoms with Crippen molar-refractivity contribution in [2.45, 2.75) is 19.3 Å². The van der Waals surface area contributed by atoms with E-state index in [0.29, 0.717) is 5.69 Å². The smallest absolute Gasteiger partial charge is 0.272 e. The fourth-order valence-corrected chi connectivity index (χ4v) is 1.68. The molecule has 0 aliphatic carbocycles. The van der Waals surface area contributed by atoms with Crippen molar-refractivity contribution in [1.29, 1.82) is 0 Å². The molecular formula is C10H13N3O. The van der Waals surface area contributed by atoms with Crippen molar-refractivity contribution in [2.75, 3.05) is 13.1 Å². The van der Waals surface area contributed by atoms with E-state index in [9.17, 15) is 4.79 Å². The highest BCUT2D eigenvalue weighted by atomic mass is 16.2. The van der Waals surface area contributed by atoms with Crippen molar-refractivity contribution in [3.05, 3.63) is 24.3 Å². The summed E-state index contributed by atoms with van der Waals surface area (Å²) < 4.78 is 0. The van der Waals surface area contributed by atoms with Gasteiger partial charge in [0.05, 0.1) is 0 Å². The van der Waals surface area contributed by atoms with Crippen molar-refractivity contribution in [3.8, 4) is 0 Å². The Morgan fingerprint density at radius 1 is 1.29 bits per heavy atom. The molecular weight excluding hydrogens is 178 g/mol. The number of aromatic nitrogens is 2. The zero-order valence-electron chi connectivity index (χ0n) is 8.02. The minimum Gasteiger partial charge on any atom is -0.337 e. The van der Waals surface area contributed by atoms with Crippen LogP contribution in [-0.4, -0.2) is 33.9 Å². The van der Waals surface area contributed by atoms with Gasteiger partial charge in [0, 0.05) is 19.3 Å². The van der Waals surface area contributed by atoms with Crippen molar-refractivity contribution in [2.24, 2.45) is 0 Å². The number of piperidine rings is 1. The Kier molecular flexibility index (Phi) is 2.72. The topological polar surface area (TPSA) is 46.1 Å². The molecule has 0 unspecified atom stereocenters. The largest absolute Gasteiger partial charge is 0.337 e. The van der Waals surface area contributed by atoms with Gasteiger partial charge in [0.2, 0.25) is 0 Å². The summed E-state index contributed by atoms with van der Waals surface area (Å²) in [7, 11) is 0. The van der Waals surface area contributed by atoms with Crippen LogP contribution in [-0.2, 0) is 0 Å². The molecule has 1 aliphatic heterocycles. The first-order valence-electron chi connectivity index (χ1n) is 4.93. The lowest BCUT2D eigenvalue weighted by molar-refractivity contribution is 0.0718. The van der Waals surface area contributed by atoms with Crippen LogP contribution < -0.4 is 0 Å². The summed E-state index contributed by atoms with van der Waals surface area (Å²) in [5.74, 6) is 0.0344. The summed E-state index contributed by atoms with van der Waals surface area (Å²) >= 11 is 0. The Morgan fingerprint density at radius 2 is 2.07 bits per heavy atom. The van der Waals surface area contributed by atoms with Crippen molar-refractivity contribution in [3.63, 3.8) is 0 Å². The first-order chi connectivity index (χ1) is 6.88. The number of likely N-dealkylation sites (tertiary alicyclic amines) is 1. The second kappa shape index (κ2) is 4.17. The first kappa shape index (κ1) is 9.12. The first-order valence-corrected chi connectivity index (χ1v) is 4.93. The number of rotatable bonds is 1. The van der Waals surface area contributed by atoms with E-state index < -0.39 is 0 Å². The van der Waals surface area contributed by atoms with Crippen molar-refractivity contribution in [1.82, 2.24) is 14.9 Å². The summed E-state index contributed by atoms with van der Waals surface area (Å²) in [4.78, 5) is 21.4. The molecule has 0 atom stereocenters. The highest BCUT2D eigenvalue weighted by Gasteiger charge is 2.18. The van der Waals surface area contributed by atoms with E-state index in [4.69, 9.17) is 0 Å². The molecule has 0 aromatic carbocycles. The molecule has 1 aromatic rings. The molecule has 1 saturated heterocycles. The quantitative estimate of drug-likeness (QED) is 0.667. The van der Waals surface area contributed by atoms with E-state index in [1.807, 2.05) is 4.90 Å². The van der Waals surface area contributed by atoms with E-state index in [1.165, 1.54) is 12.7 Å². The van der Waals surface area contributed by atoms with E-state index in [1.54, 1.807) is 12.3 Å². The molecule has 4 heteroatoms. The van der Waals surface area contributed by atoms with Crippen molar-refractivity contribution >= 4 is 5.91 Å². The van der Waals surface area contributed by atoms with Crippen LogP contribution in [0.5, 0.6) is 0 Å². The van der Waals surface area contributed by atoms with Gasteiger partial charge in [0.25, 0.3) is 5.91 Å². The van der Waals surface area contributed by atoms with Gasteiger partial charge < -0.3 is 4.90 Å². The third kappa shape index (κ3) is 1.89. The lowest BCUT2D eigenvalue weighted by Crippen LogP contribution is -2.36. The normalized spacial score (nSPS) is 16.7. The Labute approximate surface area is 83.0 Å².